The number of anilines is 1. The number of carbonyl (C=O) groups excluding carboxylic acids is 6. The molecule has 3 saturated heterocycles. The highest BCUT2D eigenvalue weighted by Crippen LogP contribution is 2.46. The van der Waals surface area contributed by atoms with Crippen LogP contribution in [0.1, 0.15) is 106 Å². The summed E-state index contributed by atoms with van der Waals surface area (Å²) >= 11 is 0. The Morgan fingerprint density at radius 2 is 1.48 bits per heavy atom. The molecule has 0 radical (unpaired) electrons. The van der Waals surface area contributed by atoms with Gasteiger partial charge >= 0.3 is 5.97 Å². The Hall–Kier alpha value is -8.69. The molecule has 4 heterocycles. The summed E-state index contributed by atoms with van der Waals surface area (Å²) in [5.41, 5.74) is 4.89. The van der Waals surface area contributed by atoms with E-state index in [4.69, 9.17) is 37.9 Å². The number of piperidine rings is 2. The fraction of sp³-hybridized carbons (Fsp3) is 0.393. The van der Waals surface area contributed by atoms with E-state index in [0.29, 0.717) is 78.8 Å². The summed E-state index contributed by atoms with van der Waals surface area (Å²) in [7, 11) is 7.67. The standard InChI is InChI=1S/C61H67N5O16/c1-7-40(38-29-47(76-3)54(78-5)48(30-38)77-4)58(70)65-26-25-37(28-43(65)61(73)74)52-36(21-23-46(75-2)55(52)79-6)16-11-15-35-14-8-9-19-44(35)80-32-49-57(82-49)62-31-34-13-10-17-39(27-34)63-51(68)33-81-45-20-12-18-41-53(45)60(72)66(59(41)71)42-22-24-50(67)64-56(42)69/h8-10,12-14,17-21,23,27,29-30,37,40,42-43,49,57,62H,7,11,15-16,22,24-26,28,31-33H2,1-6H3,(H,63,68)(H,73,74)(H,64,67,69)/t37?,40-,42?,43-,49?,57?/m0/s1. The molecule has 0 spiro atoms. The third-order valence-corrected chi connectivity index (χ3v) is 15.4. The summed E-state index contributed by atoms with van der Waals surface area (Å²) in [6.07, 6.45) is 2.67. The van der Waals surface area contributed by atoms with Crippen molar-refractivity contribution in [2.45, 2.75) is 101 Å². The third-order valence-electron chi connectivity index (χ3n) is 15.4. The molecule has 0 saturated carbocycles. The number of aryl methyl sites for hydroxylation is 2. The lowest BCUT2D eigenvalue weighted by atomic mass is 9.80. The number of nitrogens with zero attached hydrogens (tertiary/aromatic N) is 2. The Morgan fingerprint density at radius 1 is 0.756 bits per heavy atom. The van der Waals surface area contributed by atoms with Gasteiger partial charge < -0.3 is 53.2 Å². The molecular formula is C61H67N5O16. The van der Waals surface area contributed by atoms with Crippen LogP contribution >= 0.6 is 0 Å². The van der Waals surface area contributed by atoms with E-state index in [0.717, 1.165) is 39.3 Å². The fourth-order valence-electron chi connectivity index (χ4n) is 11.3. The summed E-state index contributed by atoms with van der Waals surface area (Å²) in [5, 5.41) is 19.1. The number of likely N-dealkylation sites (tertiary alicyclic amines) is 1. The normalized spacial score (nSPS) is 19.6. The van der Waals surface area contributed by atoms with Gasteiger partial charge in [0.2, 0.25) is 23.5 Å². The van der Waals surface area contributed by atoms with Crippen LogP contribution in [-0.2, 0) is 48.1 Å². The van der Waals surface area contributed by atoms with E-state index in [2.05, 4.69) is 16.0 Å². The van der Waals surface area contributed by atoms with E-state index in [1.54, 1.807) is 38.5 Å². The zero-order chi connectivity index (χ0) is 58.2. The minimum atomic E-state index is -1.14. The molecule has 4 unspecified atom stereocenters. The Bertz CT molecular complexity index is 3230. The van der Waals surface area contributed by atoms with Crippen LogP contribution in [-0.4, -0.2) is 136 Å². The van der Waals surface area contributed by atoms with Crippen LogP contribution in [0, 0.1) is 0 Å². The van der Waals surface area contributed by atoms with Crippen molar-refractivity contribution in [2.75, 3.05) is 60.6 Å². The number of rotatable bonds is 25. The topological polar surface area (TPSA) is 259 Å². The van der Waals surface area contributed by atoms with Gasteiger partial charge in [-0.05, 0) is 122 Å². The van der Waals surface area contributed by atoms with Crippen LogP contribution in [0.15, 0.2) is 91.0 Å². The molecule has 0 aliphatic carbocycles. The van der Waals surface area contributed by atoms with Gasteiger partial charge in [-0.25, -0.2) is 4.79 Å². The van der Waals surface area contributed by atoms with Gasteiger partial charge in [0, 0.05) is 30.8 Å². The second-order valence-electron chi connectivity index (χ2n) is 20.3. The number of fused-ring (bicyclic) bond motifs is 1. The predicted molar refractivity (Wildman–Crippen MR) is 297 cm³/mol. The highest BCUT2D eigenvalue weighted by Gasteiger charge is 2.47. The maximum atomic E-state index is 14.4. The van der Waals surface area contributed by atoms with E-state index in [1.807, 2.05) is 55.5 Å². The molecule has 0 aromatic heterocycles. The lowest BCUT2D eigenvalue weighted by Crippen LogP contribution is -2.54. The number of carboxylic acids is 1. The largest absolute Gasteiger partial charge is 0.493 e. The Labute approximate surface area is 474 Å². The fourth-order valence-corrected chi connectivity index (χ4v) is 11.3. The zero-order valence-electron chi connectivity index (χ0n) is 46.6. The van der Waals surface area contributed by atoms with E-state index < -0.39 is 60.1 Å². The van der Waals surface area contributed by atoms with Crippen LogP contribution in [0.3, 0.4) is 0 Å². The van der Waals surface area contributed by atoms with Gasteiger partial charge in [-0.2, -0.15) is 0 Å². The average molecular weight is 1130 g/mol. The first kappa shape index (κ1) is 58.0. The number of carboxylic acid groups (broad SMARTS) is 1. The molecule has 6 amide bonds. The minimum Gasteiger partial charge on any atom is -0.493 e. The monoisotopic (exact) mass is 1130 g/mol. The molecule has 5 aromatic rings. The quantitative estimate of drug-likeness (QED) is 0.0356. The number of aliphatic carboxylic acids is 1. The number of nitrogens with one attached hydrogen (secondary N) is 3. The maximum Gasteiger partial charge on any atom is 0.326 e. The summed E-state index contributed by atoms with van der Waals surface area (Å²) < 4.78 is 46.4. The van der Waals surface area contributed by atoms with Crippen molar-refractivity contribution in [3.63, 3.8) is 0 Å². The van der Waals surface area contributed by atoms with Crippen molar-refractivity contribution in [1.29, 1.82) is 0 Å². The highest BCUT2D eigenvalue weighted by molar-refractivity contribution is 6.24. The van der Waals surface area contributed by atoms with Gasteiger partial charge in [-0.15, -0.1) is 0 Å². The van der Waals surface area contributed by atoms with Crippen LogP contribution in [0.5, 0.6) is 40.2 Å². The zero-order valence-corrected chi connectivity index (χ0v) is 46.6. The van der Waals surface area contributed by atoms with Crippen LogP contribution in [0.25, 0.3) is 0 Å². The number of imide groups is 2. The number of benzene rings is 5. The summed E-state index contributed by atoms with van der Waals surface area (Å²) in [4.78, 5) is 93.8. The Kier molecular flexibility index (Phi) is 18.3. The molecule has 3 fully saturated rings. The molecule has 4 aliphatic heterocycles. The molecule has 432 valence electrons. The van der Waals surface area contributed by atoms with Gasteiger partial charge in [-0.1, -0.05) is 49.4 Å². The molecule has 9 rings (SSSR count). The molecule has 21 nitrogen and oxygen atoms in total. The molecule has 82 heavy (non-hydrogen) atoms. The average Bonchev–Trinajstić information content (AvgIpc) is 4.32. The number of methoxy groups -OCH3 is 5. The first-order valence-corrected chi connectivity index (χ1v) is 27.2. The smallest absolute Gasteiger partial charge is 0.326 e. The number of para-hydroxylation sites is 1. The lowest BCUT2D eigenvalue weighted by molar-refractivity contribution is -0.153. The van der Waals surface area contributed by atoms with Crippen molar-refractivity contribution in [3.8, 4) is 40.2 Å². The van der Waals surface area contributed by atoms with Crippen LogP contribution in [0.2, 0.25) is 0 Å². The minimum absolute atomic E-state index is 0.0106. The van der Waals surface area contributed by atoms with Gasteiger partial charge in [0.15, 0.2) is 29.6 Å². The summed E-state index contributed by atoms with van der Waals surface area (Å²) in [6.45, 7) is 2.36. The van der Waals surface area contributed by atoms with Crippen molar-refractivity contribution in [3.05, 3.63) is 130 Å². The number of amides is 6. The number of hydrogen-bond donors (Lipinski definition) is 4. The molecule has 4 N–H and O–H groups in total. The van der Waals surface area contributed by atoms with Gasteiger partial charge in [-0.3, -0.25) is 44.3 Å². The maximum absolute atomic E-state index is 14.4. The predicted octanol–water partition coefficient (Wildman–Crippen LogP) is 6.57. The first-order chi connectivity index (χ1) is 39.7. The second kappa shape index (κ2) is 25.8. The second-order valence-corrected chi connectivity index (χ2v) is 20.3. The summed E-state index contributed by atoms with van der Waals surface area (Å²) in [5.74, 6) is -2.39. The number of ether oxygens (including phenoxy) is 8. The van der Waals surface area contributed by atoms with E-state index in [9.17, 15) is 38.7 Å². The molecule has 6 atom stereocenters. The van der Waals surface area contributed by atoms with Crippen molar-refractivity contribution in [2.24, 2.45) is 0 Å². The number of epoxide rings is 1. The van der Waals surface area contributed by atoms with E-state index in [1.165, 1.54) is 44.4 Å². The Balaban J connectivity index is 0.765. The van der Waals surface area contributed by atoms with E-state index >= 15 is 0 Å². The summed E-state index contributed by atoms with van der Waals surface area (Å²) in [6, 6.07) is 24.7. The molecular weight excluding hydrogens is 1060 g/mol. The SMILES string of the molecule is CC[C@H](C(=O)N1CCC(c2c(CCCc3ccccc3OCC3OC3NCc3cccc(NC(=O)COc4cccc5c4C(=O)N(C4CCC(=O)NC4=O)C5=O)c3)ccc(OC)c2OC)C[C@H]1C(=O)O)c1cc(OC)c(OC)c(OC)c1. The Morgan fingerprint density at radius 3 is 2.18 bits per heavy atom. The number of hydrogen-bond acceptors (Lipinski definition) is 16. The third kappa shape index (κ3) is 12.4. The van der Waals surface area contributed by atoms with Crippen molar-refractivity contribution in [1.82, 2.24) is 20.4 Å². The van der Waals surface area contributed by atoms with Crippen molar-refractivity contribution >= 4 is 47.1 Å². The molecule has 5 aromatic carbocycles. The first-order valence-electron chi connectivity index (χ1n) is 27.2. The molecule has 4 aliphatic rings. The molecule has 21 heteroatoms. The van der Waals surface area contributed by atoms with Crippen molar-refractivity contribution < 1.29 is 76.6 Å². The number of carbonyl (C=O) groups is 7. The molecule has 0 bridgehead atoms. The van der Waals surface area contributed by atoms with Crippen LogP contribution in [0.4, 0.5) is 5.69 Å². The van der Waals surface area contributed by atoms with Gasteiger partial charge in [0.05, 0.1) is 52.6 Å². The highest BCUT2D eigenvalue weighted by atomic mass is 16.6. The van der Waals surface area contributed by atoms with Crippen LogP contribution < -0.4 is 49.1 Å². The van der Waals surface area contributed by atoms with E-state index in [-0.39, 0.29) is 66.8 Å². The van der Waals surface area contributed by atoms with Gasteiger partial charge in [0.25, 0.3) is 17.7 Å². The lowest BCUT2D eigenvalue weighted by Gasteiger charge is -2.40. The van der Waals surface area contributed by atoms with Gasteiger partial charge in [0.1, 0.15) is 42.5 Å².